The zero-order valence-electron chi connectivity index (χ0n) is 23.2. The molecule has 0 bridgehead atoms. The van der Waals surface area contributed by atoms with Crippen LogP contribution in [0.4, 0.5) is 106 Å². The van der Waals surface area contributed by atoms with E-state index in [0.29, 0.717) is 6.92 Å². The number of halogens is 22. The molecule has 2 amide bonds. The molecule has 28 heteroatoms. The van der Waals surface area contributed by atoms with Crippen LogP contribution in [0.15, 0.2) is 0 Å². The lowest BCUT2D eigenvalue weighted by molar-refractivity contribution is -0.426. The Labute approximate surface area is 256 Å². The van der Waals surface area contributed by atoms with Crippen molar-refractivity contribution in [1.82, 2.24) is 0 Å². The van der Waals surface area contributed by atoms with Crippen LogP contribution in [-0.4, -0.2) is 83.1 Å². The third-order valence-electron chi connectivity index (χ3n) is 7.45. The number of nitrogens with two attached hydrogens (primary N) is 2. The summed E-state index contributed by atoms with van der Waals surface area (Å²) in [5, 5.41) is 0. The fraction of sp³-hybridized carbons (Fsp3) is 0.905. The molecule has 1 aliphatic carbocycles. The topological polar surface area (TPSA) is 105 Å². The van der Waals surface area contributed by atoms with Gasteiger partial charge in [0.2, 0.25) is 0 Å². The zero-order chi connectivity index (χ0) is 39.7. The van der Waals surface area contributed by atoms with Gasteiger partial charge in [-0.25, -0.2) is 9.59 Å². The van der Waals surface area contributed by atoms with E-state index in [1.807, 2.05) is 0 Å². The van der Waals surface area contributed by atoms with E-state index in [1.54, 1.807) is 0 Å². The van der Waals surface area contributed by atoms with Gasteiger partial charge in [-0.3, -0.25) is 0 Å². The number of carbonyl (C=O) groups excluding carboxylic acids is 2. The first kappa shape index (κ1) is 44.0. The molecule has 4 N–H and O–H groups in total. The minimum atomic E-state index is -8.14. The summed E-state index contributed by atoms with van der Waals surface area (Å²) in [6.45, 7) is 0.387. The first-order valence-corrected chi connectivity index (χ1v) is 12.2. The third kappa shape index (κ3) is 7.00. The van der Waals surface area contributed by atoms with Crippen molar-refractivity contribution in [3.63, 3.8) is 0 Å². The molecule has 0 aromatic carbocycles. The molecule has 0 aromatic rings. The Balaban J connectivity index is 3.97. The minimum Gasteiger partial charge on any atom is -0.443 e. The van der Waals surface area contributed by atoms with Gasteiger partial charge in [-0.1, -0.05) is 6.92 Å². The molecule has 49 heavy (non-hydrogen) atoms. The number of carbonyl (C=O) groups is 2. The number of alkyl halides is 22. The molecule has 0 heterocycles. The van der Waals surface area contributed by atoms with Gasteiger partial charge < -0.3 is 20.9 Å². The van der Waals surface area contributed by atoms with Crippen LogP contribution < -0.4 is 11.5 Å². The van der Waals surface area contributed by atoms with E-state index in [4.69, 9.17) is 0 Å². The number of rotatable bonds is 12. The third-order valence-corrected chi connectivity index (χ3v) is 7.45. The van der Waals surface area contributed by atoms with Gasteiger partial charge in [0.15, 0.2) is 0 Å². The fourth-order valence-electron chi connectivity index (χ4n) is 4.86. The molecular weight excluding hydrogens is 762 g/mol. The summed E-state index contributed by atoms with van der Waals surface area (Å²) in [6, 6.07) is 0. The predicted octanol–water partition coefficient (Wildman–Crippen LogP) is 8.46. The molecular formula is C21H18F22N2O4. The molecule has 1 saturated carbocycles. The first-order valence-electron chi connectivity index (χ1n) is 12.2. The maximum Gasteiger partial charge on any atom is 0.460 e. The lowest BCUT2D eigenvalue weighted by Crippen LogP contribution is -2.69. The van der Waals surface area contributed by atoms with Crippen molar-refractivity contribution < 1.29 is 116 Å². The monoisotopic (exact) mass is 780 g/mol. The van der Waals surface area contributed by atoms with Crippen LogP contribution in [0.3, 0.4) is 0 Å². The summed E-state index contributed by atoms with van der Waals surface area (Å²) >= 11 is 0. The highest BCUT2D eigenvalue weighted by atomic mass is 19.4. The van der Waals surface area contributed by atoms with Crippen LogP contribution in [0.25, 0.3) is 0 Å². The molecule has 0 spiro atoms. The summed E-state index contributed by atoms with van der Waals surface area (Å²) in [4.78, 5) is 23.0. The van der Waals surface area contributed by atoms with Gasteiger partial charge in [-0.15, -0.1) is 0 Å². The molecule has 1 fully saturated rings. The van der Waals surface area contributed by atoms with Crippen LogP contribution in [0, 0.1) is 5.92 Å². The highest BCUT2D eigenvalue weighted by molar-refractivity contribution is 5.66. The largest absolute Gasteiger partial charge is 0.460 e. The van der Waals surface area contributed by atoms with Crippen LogP contribution in [0.2, 0.25) is 0 Å². The summed E-state index contributed by atoms with van der Waals surface area (Å²) in [5.74, 6) is -64.6. The molecule has 0 saturated heterocycles. The standard InChI is InChI=1S/C21H18F22N2O4/c1-7-2-3-10(48-8(44)46,5-12(22,23)14(26,27)16(30,31)18(34,35)20(38,39)40)4-11(7,49-9(45)47)6-13(24,25)15(28,29)17(32,33)19(36,37)21(41,42)43/h7H,2-6H2,1H3,(H2,44,46)(H2,45,47). The number of hydrogen-bond acceptors (Lipinski definition) is 4. The minimum absolute atomic E-state index is 0.387. The summed E-state index contributed by atoms with van der Waals surface area (Å²) in [7, 11) is 0. The summed E-state index contributed by atoms with van der Waals surface area (Å²) < 4.78 is 308. The van der Waals surface area contributed by atoms with Crippen LogP contribution in [0.1, 0.15) is 39.0 Å². The van der Waals surface area contributed by atoms with Crippen molar-refractivity contribution in [2.75, 3.05) is 0 Å². The van der Waals surface area contributed by atoms with Crippen molar-refractivity contribution in [3.8, 4) is 0 Å². The van der Waals surface area contributed by atoms with Gasteiger partial charge in [0.05, 0.1) is 12.8 Å². The maximum absolute atomic E-state index is 14.9. The van der Waals surface area contributed by atoms with Crippen LogP contribution >= 0.6 is 0 Å². The Morgan fingerprint density at radius 1 is 0.551 bits per heavy atom. The average molecular weight is 780 g/mol. The summed E-state index contributed by atoms with van der Waals surface area (Å²) in [5.41, 5.74) is 0.774. The zero-order valence-corrected chi connectivity index (χ0v) is 23.2. The van der Waals surface area contributed by atoms with E-state index >= 15 is 0 Å². The Bertz CT molecular complexity index is 1250. The second-order valence-electron chi connectivity index (χ2n) is 10.9. The van der Waals surface area contributed by atoms with Crippen molar-refractivity contribution in [3.05, 3.63) is 0 Å². The summed E-state index contributed by atoms with van der Waals surface area (Å²) in [6.07, 6.45) is -33.4. The molecule has 6 nitrogen and oxygen atoms in total. The molecule has 290 valence electrons. The quantitative estimate of drug-likeness (QED) is 0.194. The molecule has 1 aliphatic rings. The van der Waals surface area contributed by atoms with E-state index in [2.05, 4.69) is 20.9 Å². The number of ether oxygens (including phenoxy) is 2. The van der Waals surface area contributed by atoms with Crippen LogP contribution in [0.5, 0.6) is 0 Å². The van der Waals surface area contributed by atoms with Crippen molar-refractivity contribution >= 4 is 12.2 Å². The van der Waals surface area contributed by atoms with E-state index < -0.39 is 121 Å². The van der Waals surface area contributed by atoms with Gasteiger partial charge in [0.1, 0.15) is 11.2 Å². The van der Waals surface area contributed by atoms with Crippen molar-refractivity contribution in [2.24, 2.45) is 17.4 Å². The smallest absolute Gasteiger partial charge is 0.443 e. The van der Waals surface area contributed by atoms with Gasteiger partial charge in [0, 0.05) is 6.42 Å². The van der Waals surface area contributed by atoms with E-state index in [1.165, 1.54) is 0 Å². The van der Waals surface area contributed by atoms with Gasteiger partial charge in [-0.2, -0.15) is 96.6 Å². The van der Waals surface area contributed by atoms with Gasteiger partial charge >= 0.3 is 71.9 Å². The second kappa shape index (κ2) is 12.1. The highest BCUT2D eigenvalue weighted by Crippen LogP contribution is 2.63. The molecule has 3 unspecified atom stereocenters. The maximum atomic E-state index is 14.9. The predicted molar refractivity (Wildman–Crippen MR) is 111 cm³/mol. The lowest BCUT2D eigenvalue weighted by atomic mass is 9.64. The Kier molecular flexibility index (Phi) is 10.8. The Morgan fingerprint density at radius 3 is 1.18 bits per heavy atom. The highest BCUT2D eigenvalue weighted by Gasteiger charge is 2.89. The number of primary amides is 2. The van der Waals surface area contributed by atoms with E-state index in [9.17, 15) is 106 Å². The SMILES string of the molecule is CC1CCC(CC(F)(F)C(F)(F)C(F)(F)C(F)(F)C(F)(F)F)(OC(N)=O)CC1(CC(F)(F)C(F)(F)C(F)(F)C(F)(F)C(F)(F)F)OC(N)=O. The van der Waals surface area contributed by atoms with Gasteiger partial charge in [-0.05, 0) is 18.8 Å². The Hall–Kier alpha value is -3.00. The van der Waals surface area contributed by atoms with Crippen LogP contribution in [-0.2, 0) is 9.47 Å². The number of amides is 2. The average Bonchev–Trinajstić information content (AvgIpc) is 2.83. The normalized spacial score (nSPS) is 24.4. The first-order chi connectivity index (χ1) is 21.1. The van der Waals surface area contributed by atoms with E-state index in [0.717, 1.165) is 0 Å². The van der Waals surface area contributed by atoms with Gasteiger partial charge in [0.25, 0.3) is 0 Å². The Morgan fingerprint density at radius 2 is 0.878 bits per heavy atom. The molecule has 3 atom stereocenters. The number of hydrogen-bond donors (Lipinski definition) is 2. The lowest BCUT2D eigenvalue weighted by Gasteiger charge is -2.52. The molecule has 1 rings (SSSR count). The van der Waals surface area contributed by atoms with Crippen molar-refractivity contribution in [1.29, 1.82) is 0 Å². The van der Waals surface area contributed by atoms with Crippen molar-refractivity contribution in [2.45, 2.75) is 110 Å². The molecule has 0 aliphatic heterocycles. The fourth-order valence-corrected chi connectivity index (χ4v) is 4.86. The van der Waals surface area contributed by atoms with E-state index in [-0.39, 0.29) is 0 Å². The molecule has 0 aromatic heterocycles. The second-order valence-corrected chi connectivity index (χ2v) is 10.9. The molecule has 0 radical (unpaired) electrons.